The molecule has 1 atom stereocenters. The third-order valence-corrected chi connectivity index (χ3v) is 2.76. The van der Waals surface area contributed by atoms with Gasteiger partial charge in [0, 0.05) is 23.8 Å². The first kappa shape index (κ1) is 21.0. The zero-order valence-corrected chi connectivity index (χ0v) is 15.5. The Hall–Kier alpha value is -0.970. The summed E-state index contributed by atoms with van der Waals surface area (Å²) in [6.45, 7) is 4.17. The SMILES string of the molecule is CCOC(C)C[O-].O=C(c1ccccc1)c1ccccc1.[Na+]. The molecule has 0 fully saturated rings. The first-order chi connectivity index (χ1) is 10.2. The van der Waals surface area contributed by atoms with Gasteiger partial charge in [0.25, 0.3) is 0 Å². The molecule has 0 saturated heterocycles. The average molecular weight is 308 g/mol. The molecule has 0 aromatic heterocycles. The van der Waals surface area contributed by atoms with Crippen molar-refractivity contribution in [3.05, 3.63) is 71.8 Å². The number of ether oxygens (including phenoxy) is 1. The van der Waals surface area contributed by atoms with Crippen LogP contribution in [0.4, 0.5) is 0 Å². The van der Waals surface area contributed by atoms with E-state index in [0.29, 0.717) is 6.61 Å². The van der Waals surface area contributed by atoms with Gasteiger partial charge in [0.05, 0.1) is 0 Å². The van der Waals surface area contributed by atoms with Crippen molar-refractivity contribution < 1.29 is 44.2 Å². The minimum atomic E-state index is -0.131. The Balaban J connectivity index is 0.000000478. The Morgan fingerprint density at radius 3 is 1.68 bits per heavy atom. The predicted octanol–water partition coefficient (Wildman–Crippen LogP) is -0.307. The van der Waals surface area contributed by atoms with E-state index in [9.17, 15) is 9.90 Å². The van der Waals surface area contributed by atoms with E-state index in [0.717, 1.165) is 11.1 Å². The molecule has 4 heteroatoms. The summed E-state index contributed by atoms with van der Waals surface area (Å²) in [5, 5.41) is 9.89. The van der Waals surface area contributed by atoms with Gasteiger partial charge in [-0.05, 0) is 13.8 Å². The summed E-state index contributed by atoms with van der Waals surface area (Å²) in [6, 6.07) is 18.6. The second-order valence-corrected chi connectivity index (χ2v) is 4.49. The van der Waals surface area contributed by atoms with Crippen molar-refractivity contribution >= 4 is 5.78 Å². The quantitative estimate of drug-likeness (QED) is 0.562. The number of carbonyl (C=O) groups is 1. The van der Waals surface area contributed by atoms with Gasteiger partial charge in [-0.15, -0.1) is 6.61 Å². The van der Waals surface area contributed by atoms with Crippen LogP contribution in [-0.2, 0) is 4.74 Å². The molecule has 3 nitrogen and oxygen atoms in total. The van der Waals surface area contributed by atoms with Gasteiger partial charge in [0.1, 0.15) is 0 Å². The second kappa shape index (κ2) is 12.6. The van der Waals surface area contributed by atoms with Crippen molar-refractivity contribution in [2.24, 2.45) is 0 Å². The fraction of sp³-hybridized carbons (Fsp3) is 0.278. The van der Waals surface area contributed by atoms with E-state index in [1.165, 1.54) is 0 Å². The van der Waals surface area contributed by atoms with Gasteiger partial charge in [-0.1, -0.05) is 60.7 Å². The molecular formula is C18H21NaO3. The van der Waals surface area contributed by atoms with E-state index in [1.54, 1.807) is 6.92 Å². The van der Waals surface area contributed by atoms with E-state index in [4.69, 9.17) is 4.74 Å². The number of ketones is 1. The van der Waals surface area contributed by atoms with E-state index in [1.807, 2.05) is 67.6 Å². The monoisotopic (exact) mass is 308 g/mol. The standard InChI is InChI=1S/C13H10O.C5H11O2.Na/c14-13(11-7-3-1-4-8-11)12-9-5-2-6-10-12;1-3-7-5(2)4-6;/h1-10H;5H,3-4H2,1-2H3;/q;-1;+1. The van der Waals surface area contributed by atoms with Gasteiger partial charge in [-0.25, -0.2) is 0 Å². The van der Waals surface area contributed by atoms with Crippen molar-refractivity contribution in [3.8, 4) is 0 Å². The summed E-state index contributed by atoms with van der Waals surface area (Å²) < 4.78 is 4.88. The van der Waals surface area contributed by atoms with Gasteiger partial charge in [0.2, 0.25) is 0 Å². The van der Waals surface area contributed by atoms with Crippen molar-refractivity contribution in [3.63, 3.8) is 0 Å². The van der Waals surface area contributed by atoms with E-state index in [2.05, 4.69) is 0 Å². The minimum absolute atomic E-state index is 0. The number of carbonyl (C=O) groups excluding carboxylic acids is 1. The molecule has 112 valence electrons. The van der Waals surface area contributed by atoms with Crippen LogP contribution in [-0.4, -0.2) is 25.1 Å². The van der Waals surface area contributed by atoms with Crippen LogP contribution in [0, 0.1) is 0 Å². The molecule has 2 rings (SSSR count). The molecule has 0 radical (unpaired) electrons. The largest absolute Gasteiger partial charge is 1.00 e. The van der Waals surface area contributed by atoms with Crippen LogP contribution in [0.1, 0.15) is 29.8 Å². The van der Waals surface area contributed by atoms with Crippen LogP contribution < -0.4 is 34.7 Å². The summed E-state index contributed by atoms with van der Waals surface area (Å²) in [7, 11) is 0. The third-order valence-electron chi connectivity index (χ3n) is 2.76. The van der Waals surface area contributed by atoms with Crippen molar-refractivity contribution in [1.82, 2.24) is 0 Å². The first-order valence-electron chi connectivity index (χ1n) is 7.03. The fourth-order valence-electron chi connectivity index (χ4n) is 1.68. The van der Waals surface area contributed by atoms with Crippen molar-refractivity contribution in [2.75, 3.05) is 13.2 Å². The van der Waals surface area contributed by atoms with Crippen LogP contribution >= 0.6 is 0 Å². The summed E-state index contributed by atoms with van der Waals surface area (Å²) in [4.78, 5) is 11.8. The van der Waals surface area contributed by atoms with Crippen molar-refractivity contribution in [2.45, 2.75) is 20.0 Å². The molecule has 0 aliphatic rings. The molecule has 0 N–H and O–H groups in total. The van der Waals surface area contributed by atoms with E-state index >= 15 is 0 Å². The van der Waals surface area contributed by atoms with Gasteiger partial charge >= 0.3 is 29.6 Å². The Morgan fingerprint density at radius 2 is 1.41 bits per heavy atom. The van der Waals surface area contributed by atoms with Crippen LogP contribution in [0.3, 0.4) is 0 Å². The molecule has 0 bridgehead atoms. The Morgan fingerprint density at radius 1 is 1.00 bits per heavy atom. The maximum Gasteiger partial charge on any atom is 1.00 e. The number of benzene rings is 2. The predicted molar refractivity (Wildman–Crippen MR) is 82.3 cm³/mol. The molecule has 22 heavy (non-hydrogen) atoms. The molecule has 1 unspecified atom stereocenters. The number of hydrogen-bond acceptors (Lipinski definition) is 3. The maximum absolute atomic E-state index is 11.8. The molecule has 0 saturated carbocycles. The summed E-state index contributed by atoms with van der Waals surface area (Å²) >= 11 is 0. The van der Waals surface area contributed by atoms with Gasteiger partial charge < -0.3 is 9.84 Å². The summed E-state index contributed by atoms with van der Waals surface area (Å²) in [6.07, 6.45) is -0.106. The minimum Gasteiger partial charge on any atom is -0.853 e. The maximum atomic E-state index is 11.8. The molecule has 0 spiro atoms. The van der Waals surface area contributed by atoms with Crippen LogP contribution in [0.2, 0.25) is 0 Å². The third kappa shape index (κ3) is 7.87. The van der Waals surface area contributed by atoms with Crippen molar-refractivity contribution in [1.29, 1.82) is 0 Å². The molecule has 2 aromatic rings. The van der Waals surface area contributed by atoms with Gasteiger partial charge in [-0.2, -0.15) is 0 Å². The zero-order chi connectivity index (χ0) is 15.5. The summed E-state index contributed by atoms with van der Waals surface area (Å²) in [5.74, 6) is 0.0752. The number of hydrogen-bond donors (Lipinski definition) is 0. The van der Waals surface area contributed by atoms with E-state index in [-0.39, 0.29) is 48.1 Å². The topological polar surface area (TPSA) is 49.4 Å². The van der Waals surface area contributed by atoms with Crippen LogP contribution in [0.15, 0.2) is 60.7 Å². The molecule has 2 aromatic carbocycles. The molecular weight excluding hydrogens is 287 g/mol. The molecule has 0 aliphatic heterocycles. The summed E-state index contributed by atoms with van der Waals surface area (Å²) in [5.41, 5.74) is 1.47. The van der Waals surface area contributed by atoms with E-state index < -0.39 is 0 Å². The average Bonchev–Trinajstić information content (AvgIpc) is 2.56. The Labute approximate surface area is 154 Å². The van der Waals surface area contributed by atoms with Crippen LogP contribution in [0.5, 0.6) is 0 Å². The fourth-order valence-corrected chi connectivity index (χ4v) is 1.68. The van der Waals surface area contributed by atoms with Gasteiger partial charge in [-0.3, -0.25) is 4.79 Å². The van der Waals surface area contributed by atoms with Crippen LogP contribution in [0.25, 0.3) is 0 Å². The Bertz CT molecular complexity index is 473. The second-order valence-electron chi connectivity index (χ2n) is 4.49. The number of rotatable bonds is 5. The zero-order valence-electron chi connectivity index (χ0n) is 13.5. The normalized spacial score (nSPS) is 10.7. The Kier molecular flexibility index (Phi) is 12.0. The molecule has 0 aliphatic carbocycles. The molecule has 0 heterocycles. The first-order valence-corrected chi connectivity index (χ1v) is 7.03. The molecule has 0 amide bonds. The van der Waals surface area contributed by atoms with Gasteiger partial charge in [0.15, 0.2) is 5.78 Å². The smallest absolute Gasteiger partial charge is 0.853 e.